The number of nitrogens with one attached hydrogen (secondary N) is 1. The molecule has 0 amide bonds. The molecule has 1 rings (SSSR count). The maximum Gasteiger partial charge on any atom is 0.134 e. The topological polar surface area (TPSA) is 61.3 Å². The van der Waals surface area contributed by atoms with Crippen LogP contribution in [0.5, 0.6) is 0 Å². The minimum absolute atomic E-state index is 0.284. The first-order valence-electron chi connectivity index (χ1n) is 6.51. The molecule has 1 aromatic heterocycles. The van der Waals surface area contributed by atoms with Crippen LogP contribution in [0.3, 0.4) is 0 Å². The molecule has 0 saturated heterocycles. The fourth-order valence-corrected chi connectivity index (χ4v) is 1.64. The van der Waals surface area contributed by atoms with Gasteiger partial charge in [0.25, 0.3) is 0 Å². The smallest absolute Gasteiger partial charge is 0.134 e. The number of aliphatic hydroxyl groups is 1. The lowest BCUT2D eigenvalue weighted by molar-refractivity contribution is 0.187. The van der Waals surface area contributed by atoms with E-state index in [2.05, 4.69) is 27.1 Å². The molecule has 0 aliphatic heterocycles. The van der Waals surface area contributed by atoms with Gasteiger partial charge in [0, 0.05) is 33.1 Å². The predicted molar refractivity (Wildman–Crippen MR) is 75.1 cm³/mol. The van der Waals surface area contributed by atoms with Crippen molar-refractivity contribution < 1.29 is 5.11 Å². The summed E-state index contributed by atoms with van der Waals surface area (Å²) in [4.78, 5) is 11.0. The first-order valence-corrected chi connectivity index (χ1v) is 6.51. The summed E-state index contributed by atoms with van der Waals surface area (Å²) >= 11 is 0. The summed E-state index contributed by atoms with van der Waals surface area (Å²) in [6, 6.07) is 1.93. The predicted octanol–water partition coefficient (Wildman–Crippen LogP) is 1.68. The van der Waals surface area contributed by atoms with E-state index in [4.69, 9.17) is 0 Å². The van der Waals surface area contributed by atoms with Gasteiger partial charge in [0.1, 0.15) is 17.5 Å². The molecule has 0 radical (unpaired) electrons. The zero-order valence-electron chi connectivity index (χ0n) is 11.8. The van der Waals surface area contributed by atoms with Gasteiger partial charge in [0.05, 0.1) is 6.10 Å². The minimum atomic E-state index is -0.284. The van der Waals surface area contributed by atoms with Crippen LogP contribution in [0.15, 0.2) is 6.07 Å². The second-order valence-corrected chi connectivity index (χ2v) is 4.59. The fraction of sp³-hybridized carbons (Fsp3) is 0.692. The Kier molecular flexibility index (Phi) is 5.85. The number of anilines is 2. The highest BCUT2D eigenvalue weighted by Crippen LogP contribution is 2.15. The van der Waals surface area contributed by atoms with Crippen molar-refractivity contribution in [2.75, 3.05) is 30.9 Å². The van der Waals surface area contributed by atoms with Crippen LogP contribution in [0.2, 0.25) is 0 Å². The molecule has 1 unspecified atom stereocenters. The van der Waals surface area contributed by atoms with Gasteiger partial charge in [0.15, 0.2) is 0 Å². The quantitative estimate of drug-likeness (QED) is 0.773. The molecule has 102 valence electrons. The SMILES string of the molecule is CCCc1nc(NC)cc(N(C)CCC(C)O)n1. The second-order valence-electron chi connectivity index (χ2n) is 4.59. The van der Waals surface area contributed by atoms with Gasteiger partial charge in [-0.3, -0.25) is 0 Å². The summed E-state index contributed by atoms with van der Waals surface area (Å²) in [5.41, 5.74) is 0. The Labute approximate surface area is 109 Å². The van der Waals surface area contributed by atoms with E-state index in [-0.39, 0.29) is 6.10 Å². The molecule has 0 saturated carbocycles. The summed E-state index contributed by atoms with van der Waals surface area (Å²) in [5, 5.41) is 12.4. The lowest BCUT2D eigenvalue weighted by Crippen LogP contribution is -2.23. The fourth-order valence-electron chi connectivity index (χ4n) is 1.64. The number of aromatic nitrogens is 2. The van der Waals surface area contributed by atoms with E-state index in [0.29, 0.717) is 0 Å². The van der Waals surface area contributed by atoms with Crippen molar-refractivity contribution in [3.05, 3.63) is 11.9 Å². The molecule has 0 spiro atoms. The third kappa shape index (κ3) is 4.49. The monoisotopic (exact) mass is 252 g/mol. The Hall–Kier alpha value is -1.36. The molecule has 1 heterocycles. The Morgan fingerprint density at radius 1 is 1.44 bits per heavy atom. The van der Waals surface area contributed by atoms with Gasteiger partial charge < -0.3 is 15.3 Å². The summed E-state index contributed by atoms with van der Waals surface area (Å²) in [7, 11) is 3.84. The van der Waals surface area contributed by atoms with E-state index in [1.54, 1.807) is 6.92 Å². The molecule has 0 aromatic carbocycles. The lowest BCUT2D eigenvalue weighted by atomic mass is 10.2. The highest BCUT2D eigenvalue weighted by molar-refractivity contribution is 5.48. The highest BCUT2D eigenvalue weighted by Gasteiger charge is 2.08. The number of nitrogens with zero attached hydrogens (tertiary/aromatic N) is 3. The molecular weight excluding hydrogens is 228 g/mol. The van der Waals surface area contributed by atoms with E-state index in [1.165, 1.54) is 0 Å². The van der Waals surface area contributed by atoms with Crippen molar-refractivity contribution in [1.82, 2.24) is 9.97 Å². The Morgan fingerprint density at radius 2 is 2.17 bits per heavy atom. The summed E-state index contributed by atoms with van der Waals surface area (Å²) < 4.78 is 0. The van der Waals surface area contributed by atoms with Crippen molar-refractivity contribution in [1.29, 1.82) is 0 Å². The van der Waals surface area contributed by atoms with Gasteiger partial charge >= 0.3 is 0 Å². The van der Waals surface area contributed by atoms with Crippen LogP contribution in [0, 0.1) is 0 Å². The maximum absolute atomic E-state index is 9.32. The zero-order chi connectivity index (χ0) is 13.5. The highest BCUT2D eigenvalue weighted by atomic mass is 16.3. The molecule has 0 fully saturated rings. The number of aliphatic hydroxyl groups excluding tert-OH is 1. The number of rotatable bonds is 7. The van der Waals surface area contributed by atoms with Gasteiger partial charge in [-0.2, -0.15) is 0 Å². The van der Waals surface area contributed by atoms with Crippen molar-refractivity contribution in [3.8, 4) is 0 Å². The summed E-state index contributed by atoms with van der Waals surface area (Å²) in [5.74, 6) is 2.61. The number of aryl methyl sites for hydroxylation is 1. The first-order chi connectivity index (χ1) is 8.56. The standard InChI is InChI=1S/C13H24N4O/c1-5-6-11-15-12(14-3)9-13(16-11)17(4)8-7-10(2)18/h9-10,18H,5-8H2,1-4H3,(H,14,15,16). The van der Waals surface area contributed by atoms with Crippen molar-refractivity contribution >= 4 is 11.6 Å². The molecule has 0 aliphatic carbocycles. The van der Waals surface area contributed by atoms with Gasteiger partial charge in [0.2, 0.25) is 0 Å². The van der Waals surface area contributed by atoms with Crippen LogP contribution in [-0.2, 0) is 6.42 Å². The summed E-state index contributed by atoms with van der Waals surface area (Å²) in [6.07, 6.45) is 2.36. The van der Waals surface area contributed by atoms with E-state index in [9.17, 15) is 5.11 Å². The molecule has 0 aliphatic rings. The maximum atomic E-state index is 9.32. The molecule has 0 bridgehead atoms. The van der Waals surface area contributed by atoms with Crippen molar-refractivity contribution in [3.63, 3.8) is 0 Å². The molecule has 1 aromatic rings. The number of hydrogen-bond acceptors (Lipinski definition) is 5. The third-order valence-electron chi connectivity index (χ3n) is 2.76. The van der Waals surface area contributed by atoms with Crippen LogP contribution in [0.25, 0.3) is 0 Å². The average molecular weight is 252 g/mol. The molecule has 2 N–H and O–H groups in total. The van der Waals surface area contributed by atoms with Crippen LogP contribution in [0.4, 0.5) is 11.6 Å². The van der Waals surface area contributed by atoms with Crippen LogP contribution >= 0.6 is 0 Å². The second kappa shape index (κ2) is 7.16. The molecule has 5 nitrogen and oxygen atoms in total. The summed E-state index contributed by atoms with van der Waals surface area (Å²) in [6.45, 7) is 4.70. The normalized spacial score (nSPS) is 12.3. The third-order valence-corrected chi connectivity index (χ3v) is 2.76. The van der Waals surface area contributed by atoms with Gasteiger partial charge in [-0.15, -0.1) is 0 Å². The van der Waals surface area contributed by atoms with Gasteiger partial charge in [-0.1, -0.05) is 6.92 Å². The molecule has 5 heteroatoms. The zero-order valence-corrected chi connectivity index (χ0v) is 11.8. The number of hydrogen-bond donors (Lipinski definition) is 2. The minimum Gasteiger partial charge on any atom is -0.393 e. The average Bonchev–Trinajstić information content (AvgIpc) is 2.35. The largest absolute Gasteiger partial charge is 0.393 e. The van der Waals surface area contributed by atoms with E-state index in [1.807, 2.05) is 20.2 Å². The Morgan fingerprint density at radius 3 is 2.72 bits per heavy atom. The van der Waals surface area contributed by atoms with Gasteiger partial charge in [-0.05, 0) is 19.8 Å². The van der Waals surface area contributed by atoms with Crippen LogP contribution in [-0.4, -0.2) is 41.8 Å². The van der Waals surface area contributed by atoms with E-state index in [0.717, 1.165) is 43.3 Å². The molecule has 18 heavy (non-hydrogen) atoms. The van der Waals surface area contributed by atoms with Crippen LogP contribution in [0.1, 0.15) is 32.5 Å². The van der Waals surface area contributed by atoms with Gasteiger partial charge in [-0.25, -0.2) is 9.97 Å². The van der Waals surface area contributed by atoms with E-state index >= 15 is 0 Å². The van der Waals surface area contributed by atoms with Crippen LogP contribution < -0.4 is 10.2 Å². The van der Waals surface area contributed by atoms with E-state index < -0.39 is 0 Å². The lowest BCUT2D eigenvalue weighted by Gasteiger charge is -2.20. The van der Waals surface area contributed by atoms with Crippen molar-refractivity contribution in [2.24, 2.45) is 0 Å². The first kappa shape index (κ1) is 14.7. The van der Waals surface area contributed by atoms with Crippen molar-refractivity contribution in [2.45, 2.75) is 39.2 Å². The Bertz CT molecular complexity index is 368. The Balaban J connectivity index is 2.82. The molecule has 1 atom stereocenters. The molecular formula is C13H24N4O.